The maximum atomic E-state index is 12.3. The monoisotopic (exact) mass is 309 g/mol. The van der Waals surface area contributed by atoms with Crippen molar-refractivity contribution < 1.29 is 14.7 Å². The summed E-state index contributed by atoms with van der Waals surface area (Å²) >= 11 is 0. The molecule has 0 radical (unpaired) electrons. The maximum absolute atomic E-state index is 12.3. The Morgan fingerprint density at radius 1 is 1.04 bits per heavy atom. The van der Waals surface area contributed by atoms with Crippen molar-refractivity contribution in [3.05, 3.63) is 71.8 Å². The van der Waals surface area contributed by atoms with Crippen LogP contribution >= 0.6 is 0 Å². The molecule has 0 aromatic heterocycles. The molecule has 1 heterocycles. The van der Waals surface area contributed by atoms with Crippen LogP contribution in [0.15, 0.2) is 60.7 Å². The summed E-state index contributed by atoms with van der Waals surface area (Å²) in [7, 11) is 0. The van der Waals surface area contributed by atoms with E-state index in [0.29, 0.717) is 19.3 Å². The van der Waals surface area contributed by atoms with Gasteiger partial charge in [0.15, 0.2) is 0 Å². The first-order valence-corrected chi connectivity index (χ1v) is 7.72. The predicted octanol–water partition coefficient (Wildman–Crippen LogP) is 2.43. The maximum Gasteiger partial charge on any atom is 0.329 e. The molecule has 4 heteroatoms. The van der Waals surface area contributed by atoms with Crippen LogP contribution in [0, 0.1) is 5.92 Å². The lowest BCUT2D eigenvalue weighted by atomic mass is 9.84. The third-order valence-electron chi connectivity index (χ3n) is 4.41. The van der Waals surface area contributed by atoms with E-state index in [4.69, 9.17) is 0 Å². The highest BCUT2D eigenvalue weighted by atomic mass is 16.4. The molecule has 23 heavy (non-hydrogen) atoms. The summed E-state index contributed by atoms with van der Waals surface area (Å²) in [5.74, 6) is -1.45. The van der Waals surface area contributed by atoms with Crippen LogP contribution in [0.1, 0.15) is 17.5 Å². The number of carbonyl (C=O) groups is 2. The van der Waals surface area contributed by atoms with Crippen molar-refractivity contribution in [2.24, 2.45) is 5.92 Å². The van der Waals surface area contributed by atoms with E-state index >= 15 is 0 Å². The van der Waals surface area contributed by atoms with Gasteiger partial charge in [-0.05, 0) is 24.0 Å². The Morgan fingerprint density at radius 3 is 2.17 bits per heavy atom. The number of benzene rings is 2. The molecule has 2 atom stereocenters. The molecule has 118 valence electrons. The first-order valence-electron chi connectivity index (χ1n) is 7.72. The Hall–Kier alpha value is -2.62. The number of aliphatic carboxylic acids is 1. The summed E-state index contributed by atoms with van der Waals surface area (Å²) in [4.78, 5) is 24.2. The van der Waals surface area contributed by atoms with E-state index in [-0.39, 0.29) is 11.8 Å². The molecular weight excluding hydrogens is 290 g/mol. The van der Waals surface area contributed by atoms with Gasteiger partial charge in [0.1, 0.15) is 5.54 Å². The van der Waals surface area contributed by atoms with Crippen molar-refractivity contribution in [1.82, 2.24) is 5.32 Å². The Morgan fingerprint density at radius 2 is 1.61 bits per heavy atom. The van der Waals surface area contributed by atoms with Crippen LogP contribution in [-0.2, 0) is 22.4 Å². The van der Waals surface area contributed by atoms with Gasteiger partial charge in [0.2, 0.25) is 5.91 Å². The second-order valence-corrected chi connectivity index (χ2v) is 6.13. The lowest BCUT2D eigenvalue weighted by Crippen LogP contribution is -2.50. The largest absolute Gasteiger partial charge is 0.479 e. The van der Waals surface area contributed by atoms with E-state index in [9.17, 15) is 14.7 Å². The minimum atomic E-state index is -1.21. The van der Waals surface area contributed by atoms with Gasteiger partial charge in [-0.1, -0.05) is 60.7 Å². The highest BCUT2D eigenvalue weighted by Crippen LogP contribution is 2.31. The van der Waals surface area contributed by atoms with Crippen LogP contribution < -0.4 is 5.32 Å². The molecule has 1 fully saturated rings. The van der Waals surface area contributed by atoms with Crippen molar-refractivity contribution in [2.45, 2.75) is 24.8 Å². The Labute approximate surface area is 135 Å². The number of carboxylic acid groups (broad SMARTS) is 1. The van der Waals surface area contributed by atoms with Crippen LogP contribution in [0.5, 0.6) is 0 Å². The summed E-state index contributed by atoms with van der Waals surface area (Å²) in [5, 5.41) is 12.5. The molecule has 0 bridgehead atoms. The number of hydrogen-bond donors (Lipinski definition) is 2. The van der Waals surface area contributed by atoms with Crippen molar-refractivity contribution in [3.63, 3.8) is 0 Å². The van der Waals surface area contributed by atoms with Gasteiger partial charge >= 0.3 is 5.97 Å². The molecule has 0 spiro atoms. The molecule has 1 saturated heterocycles. The van der Waals surface area contributed by atoms with Gasteiger partial charge in [0, 0.05) is 12.3 Å². The van der Waals surface area contributed by atoms with E-state index in [1.165, 1.54) is 0 Å². The Kier molecular flexibility index (Phi) is 4.15. The quantitative estimate of drug-likeness (QED) is 0.891. The van der Waals surface area contributed by atoms with Gasteiger partial charge in [-0.2, -0.15) is 0 Å². The zero-order valence-electron chi connectivity index (χ0n) is 12.7. The van der Waals surface area contributed by atoms with Gasteiger partial charge in [-0.3, -0.25) is 4.79 Å². The van der Waals surface area contributed by atoms with Crippen molar-refractivity contribution >= 4 is 11.9 Å². The summed E-state index contributed by atoms with van der Waals surface area (Å²) in [6.07, 6.45) is 1.18. The number of nitrogens with one attached hydrogen (secondary N) is 1. The highest BCUT2D eigenvalue weighted by molar-refractivity contribution is 5.92. The molecular formula is C19H19NO3. The molecule has 3 rings (SSSR count). The van der Waals surface area contributed by atoms with Crippen LogP contribution in [0.3, 0.4) is 0 Å². The van der Waals surface area contributed by atoms with Gasteiger partial charge in [-0.25, -0.2) is 4.79 Å². The number of carbonyl (C=O) groups excluding carboxylic acids is 1. The lowest BCUT2D eigenvalue weighted by molar-refractivity contribution is -0.145. The standard InChI is InChI=1S/C19H19NO3/c21-17-16(11-14-7-3-1-4-8-14)13-19(20-17,18(22)23)12-15-9-5-2-6-10-15/h1-10,16H,11-13H2,(H,20,21)(H,22,23). The first kappa shape index (κ1) is 15.3. The number of rotatable bonds is 5. The Bertz CT molecular complexity index is 699. The Balaban J connectivity index is 1.80. The topological polar surface area (TPSA) is 66.4 Å². The summed E-state index contributed by atoms with van der Waals surface area (Å²) < 4.78 is 0. The second kappa shape index (κ2) is 6.24. The van der Waals surface area contributed by atoms with Crippen molar-refractivity contribution in [1.29, 1.82) is 0 Å². The average molecular weight is 309 g/mol. The highest BCUT2D eigenvalue weighted by Gasteiger charge is 2.49. The minimum Gasteiger partial charge on any atom is -0.479 e. The molecule has 4 nitrogen and oxygen atoms in total. The smallest absolute Gasteiger partial charge is 0.329 e. The zero-order valence-corrected chi connectivity index (χ0v) is 12.7. The van der Waals surface area contributed by atoms with Crippen molar-refractivity contribution in [3.8, 4) is 0 Å². The lowest BCUT2D eigenvalue weighted by Gasteiger charge is -2.24. The summed E-state index contributed by atoms with van der Waals surface area (Å²) in [6, 6.07) is 19.1. The van der Waals surface area contributed by atoms with Crippen LogP contribution in [-0.4, -0.2) is 22.5 Å². The first-order chi connectivity index (χ1) is 11.1. The molecule has 1 aliphatic rings. The molecule has 2 N–H and O–H groups in total. The minimum absolute atomic E-state index is 0.174. The fourth-order valence-electron chi connectivity index (χ4n) is 3.24. The van der Waals surface area contributed by atoms with Crippen LogP contribution in [0.4, 0.5) is 0 Å². The molecule has 2 aromatic carbocycles. The van der Waals surface area contributed by atoms with E-state index in [1.807, 2.05) is 60.7 Å². The van der Waals surface area contributed by atoms with E-state index in [2.05, 4.69) is 5.32 Å². The number of carboxylic acids is 1. The van der Waals surface area contributed by atoms with E-state index in [1.54, 1.807) is 0 Å². The van der Waals surface area contributed by atoms with Gasteiger partial charge in [0.05, 0.1) is 0 Å². The molecule has 2 aromatic rings. The number of amides is 1. The van der Waals surface area contributed by atoms with Gasteiger partial charge < -0.3 is 10.4 Å². The van der Waals surface area contributed by atoms with Crippen LogP contribution in [0.2, 0.25) is 0 Å². The number of hydrogen-bond acceptors (Lipinski definition) is 2. The summed E-state index contributed by atoms with van der Waals surface area (Å²) in [5.41, 5.74) is 0.752. The third kappa shape index (κ3) is 3.26. The van der Waals surface area contributed by atoms with Crippen LogP contribution in [0.25, 0.3) is 0 Å². The van der Waals surface area contributed by atoms with Gasteiger partial charge in [0.25, 0.3) is 0 Å². The summed E-state index contributed by atoms with van der Waals surface area (Å²) in [6.45, 7) is 0. The van der Waals surface area contributed by atoms with Crippen molar-refractivity contribution in [2.75, 3.05) is 0 Å². The molecule has 2 unspecified atom stereocenters. The predicted molar refractivity (Wildman–Crippen MR) is 86.9 cm³/mol. The molecule has 0 aliphatic carbocycles. The van der Waals surface area contributed by atoms with Gasteiger partial charge in [-0.15, -0.1) is 0 Å². The fourth-order valence-corrected chi connectivity index (χ4v) is 3.24. The molecule has 0 saturated carbocycles. The normalized spacial score (nSPS) is 23.5. The zero-order chi connectivity index (χ0) is 16.3. The fraction of sp³-hybridized carbons (Fsp3) is 0.263. The third-order valence-corrected chi connectivity index (χ3v) is 4.41. The van der Waals surface area contributed by atoms with E-state index in [0.717, 1.165) is 11.1 Å². The SMILES string of the molecule is O=C1NC(Cc2ccccc2)(C(=O)O)CC1Cc1ccccc1. The van der Waals surface area contributed by atoms with E-state index < -0.39 is 11.5 Å². The second-order valence-electron chi connectivity index (χ2n) is 6.13. The molecule has 1 aliphatic heterocycles. The molecule has 1 amide bonds. The average Bonchev–Trinajstić information content (AvgIpc) is 2.86.